The molecule has 1 N–H and O–H groups in total. The molecular formula is C18H22N8O. The van der Waals surface area contributed by atoms with Gasteiger partial charge in [-0.1, -0.05) is 0 Å². The molecule has 9 nitrogen and oxygen atoms in total. The molecule has 5 rings (SSSR count). The Labute approximate surface area is 157 Å². The lowest BCUT2D eigenvalue weighted by Gasteiger charge is -2.28. The lowest BCUT2D eigenvalue weighted by molar-refractivity contribution is 0.122. The second-order valence-corrected chi connectivity index (χ2v) is 6.83. The summed E-state index contributed by atoms with van der Waals surface area (Å²) in [5.74, 6) is 2.61. The highest BCUT2D eigenvalue weighted by Crippen LogP contribution is 2.24. The molecule has 0 saturated carbocycles. The van der Waals surface area contributed by atoms with Crippen LogP contribution in [0.5, 0.6) is 0 Å². The topological polar surface area (TPSA) is 83.7 Å². The molecule has 0 aliphatic carbocycles. The minimum atomic E-state index is 0.287. The number of rotatable bonds is 4. The van der Waals surface area contributed by atoms with Crippen LogP contribution < -0.4 is 15.1 Å². The molecule has 0 amide bonds. The summed E-state index contributed by atoms with van der Waals surface area (Å²) >= 11 is 0. The van der Waals surface area contributed by atoms with Crippen molar-refractivity contribution in [3.63, 3.8) is 0 Å². The van der Waals surface area contributed by atoms with Crippen LogP contribution in [0.25, 0.3) is 5.52 Å². The predicted molar refractivity (Wildman–Crippen MR) is 102 cm³/mol. The Morgan fingerprint density at radius 3 is 2.85 bits per heavy atom. The molecule has 1 unspecified atom stereocenters. The number of ether oxygens (including phenoxy) is 1. The summed E-state index contributed by atoms with van der Waals surface area (Å²) in [6.45, 7) is 5.04. The average Bonchev–Trinajstić information content (AvgIpc) is 3.38. The van der Waals surface area contributed by atoms with Gasteiger partial charge in [0, 0.05) is 50.8 Å². The first kappa shape index (κ1) is 16.2. The molecule has 0 bridgehead atoms. The van der Waals surface area contributed by atoms with Gasteiger partial charge in [-0.2, -0.15) is 10.1 Å². The number of nitrogens with zero attached hydrogens (tertiary/aromatic N) is 7. The minimum absolute atomic E-state index is 0.287. The summed E-state index contributed by atoms with van der Waals surface area (Å²) < 4.78 is 7.28. The quantitative estimate of drug-likeness (QED) is 0.734. The molecular weight excluding hydrogens is 344 g/mol. The minimum Gasteiger partial charge on any atom is -0.378 e. The Hall–Kier alpha value is -2.94. The molecule has 0 aromatic carbocycles. The molecule has 3 aromatic heterocycles. The van der Waals surface area contributed by atoms with Crippen molar-refractivity contribution in [2.24, 2.45) is 0 Å². The van der Waals surface area contributed by atoms with E-state index in [1.807, 2.05) is 29.0 Å². The fourth-order valence-electron chi connectivity index (χ4n) is 3.73. The fourth-order valence-corrected chi connectivity index (χ4v) is 3.73. The van der Waals surface area contributed by atoms with Gasteiger partial charge in [0.2, 0.25) is 5.95 Å². The smallest absolute Gasteiger partial charge is 0.224 e. The maximum Gasteiger partial charge on any atom is 0.224 e. The van der Waals surface area contributed by atoms with E-state index in [2.05, 4.69) is 30.2 Å². The van der Waals surface area contributed by atoms with Crippen molar-refractivity contribution in [3.05, 3.63) is 36.9 Å². The molecule has 2 fully saturated rings. The predicted octanol–water partition coefficient (Wildman–Crippen LogP) is 1.05. The highest BCUT2D eigenvalue weighted by Gasteiger charge is 2.26. The Balaban J connectivity index is 1.28. The third-order valence-corrected chi connectivity index (χ3v) is 5.10. The first-order chi connectivity index (χ1) is 13.4. The molecule has 5 heterocycles. The van der Waals surface area contributed by atoms with Crippen LogP contribution in [0, 0.1) is 0 Å². The van der Waals surface area contributed by atoms with Crippen molar-refractivity contribution in [1.82, 2.24) is 24.6 Å². The second kappa shape index (κ2) is 6.99. The lowest BCUT2D eigenvalue weighted by Crippen LogP contribution is -2.37. The Morgan fingerprint density at radius 1 is 1.00 bits per heavy atom. The summed E-state index contributed by atoms with van der Waals surface area (Å²) in [4.78, 5) is 18.2. The fraction of sp³-hybridized carbons (Fsp3) is 0.444. The lowest BCUT2D eigenvalue weighted by atomic mass is 10.3. The van der Waals surface area contributed by atoms with Crippen LogP contribution in [0.1, 0.15) is 6.42 Å². The average molecular weight is 366 g/mol. The number of morpholine rings is 1. The van der Waals surface area contributed by atoms with Gasteiger partial charge in [-0.3, -0.25) is 0 Å². The first-order valence-electron chi connectivity index (χ1n) is 9.32. The van der Waals surface area contributed by atoms with Gasteiger partial charge in [0.05, 0.1) is 19.4 Å². The summed E-state index contributed by atoms with van der Waals surface area (Å²) in [5.41, 5.74) is 1.03. The van der Waals surface area contributed by atoms with Gasteiger partial charge in [-0.15, -0.1) is 0 Å². The van der Waals surface area contributed by atoms with E-state index >= 15 is 0 Å². The first-order valence-corrected chi connectivity index (χ1v) is 9.32. The van der Waals surface area contributed by atoms with Crippen LogP contribution >= 0.6 is 0 Å². The van der Waals surface area contributed by atoms with E-state index in [1.54, 1.807) is 12.4 Å². The molecule has 2 aliphatic rings. The largest absolute Gasteiger partial charge is 0.378 e. The third kappa shape index (κ3) is 3.25. The summed E-state index contributed by atoms with van der Waals surface area (Å²) in [6.07, 6.45) is 8.31. The van der Waals surface area contributed by atoms with Crippen LogP contribution in [-0.4, -0.2) is 70.0 Å². The SMILES string of the molecule is c1cc(N2CCOCC2)nc(NC2CCN(c3nccn4nccc34)C2)n1. The van der Waals surface area contributed by atoms with Gasteiger partial charge in [-0.05, 0) is 18.6 Å². The number of hydrogen-bond donors (Lipinski definition) is 1. The zero-order valence-electron chi connectivity index (χ0n) is 15.0. The van der Waals surface area contributed by atoms with Crippen molar-refractivity contribution in [2.75, 3.05) is 54.5 Å². The second-order valence-electron chi connectivity index (χ2n) is 6.83. The molecule has 2 saturated heterocycles. The number of aromatic nitrogens is 5. The molecule has 9 heteroatoms. The van der Waals surface area contributed by atoms with Crippen LogP contribution in [0.2, 0.25) is 0 Å². The van der Waals surface area contributed by atoms with Crippen molar-refractivity contribution in [3.8, 4) is 0 Å². The molecule has 0 radical (unpaired) electrons. The molecule has 1 atom stereocenters. The third-order valence-electron chi connectivity index (χ3n) is 5.10. The Morgan fingerprint density at radius 2 is 1.93 bits per heavy atom. The molecule has 2 aliphatic heterocycles. The van der Waals surface area contributed by atoms with Crippen LogP contribution in [0.4, 0.5) is 17.6 Å². The zero-order valence-corrected chi connectivity index (χ0v) is 15.0. The normalized spacial score (nSPS) is 20.4. The van der Waals surface area contributed by atoms with E-state index in [1.165, 1.54) is 0 Å². The maximum absolute atomic E-state index is 5.42. The van der Waals surface area contributed by atoms with Gasteiger partial charge < -0.3 is 19.9 Å². The van der Waals surface area contributed by atoms with E-state index in [9.17, 15) is 0 Å². The standard InChI is InChI=1S/C18H22N8O/c1-5-21-26-8-6-19-17(15(1)26)25-7-3-14(13-25)22-18-20-4-2-16(23-18)24-9-11-27-12-10-24/h1-2,4-6,8,14H,3,7,9-13H2,(H,20,22,23). The number of anilines is 3. The van der Waals surface area contributed by atoms with E-state index in [0.717, 1.165) is 63.0 Å². The molecule has 27 heavy (non-hydrogen) atoms. The monoisotopic (exact) mass is 366 g/mol. The van der Waals surface area contributed by atoms with E-state index in [0.29, 0.717) is 5.95 Å². The summed E-state index contributed by atoms with van der Waals surface area (Å²) in [5, 5.41) is 7.78. The van der Waals surface area contributed by atoms with E-state index in [4.69, 9.17) is 9.72 Å². The van der Waals surface area contributed by atoms with Crippen molar-refractivity contribution >= 4 is 23.1 Å². The Bertz CT molecular complexity index is 922. The zero-order chi connectivity index (χ0) is 18.1. The van der Waals surface area contributed by atoms with Crippen molar-refractivity contribution in [2.45, 2.75) is 12.5 Å². The van der Waals surface area contributed by atoms with Crippen LogP contribution in [0.15, 0.2) is 36.9 Å². The summed E-state index contributed by atoms with van der Waals surface area (Å²) in [7, 11) is 0. The van der Waals surface area contributed by atoms with Gasteiger partial charge in [-0.25, -0.2) is 14.5 Å². The molecule has 140 valence electrons. The van der Waals surface area contributed by atoms with Gasteiger partial charge in [0.15, 0.2) is 5.82 Å². The Kier molecular flexibility index (Phi) is 4.21. The molecule has 3 aromatic rings. The number of fused-ring (bicyclic) bond motifs is 1. The highest BCUT2D eigenvalue weighted by atomic mass is 16.5. The van der Waals surface area contributed by atoms with Gasteiger partial charge in [0.25, 0.3) is 0 Å². The van der Waals surface area contributed by atoms with Crippen LogP contribution in [-0.2, 0) is 4.74 Å². The van der Waals surface area contributed by atoms with Gasteiger partial charge >= 0.3 is 0 Å². The maximum atomic E-state index is 5.42. The highest BCUT2D eigenvalue weighted by molar-refractivity contribution is 5.68. The molecule has 0 spiro atoms. The van der Waals surface area contributed by atoms with Crippen LogP contribution in [0.3, 0.4) is 0 Å². The van der Waals surface area contributed by atoms with E-state index in [-0.39, 0.29) is 6.04 Å². The number of nitrogens with one attached hydrogen (secondary N) is 1. The van der Waals surface area contributed by atoms with Crippen molar-refractivity contribution < 1.29 is 4.74 Å². The summed E-state index contributed by atoms with van der Waals surface area (Å²) in [6, 6.07) is 4.25. The van der Waals surface area contributed by atoms with E-state index < -0.39 is 0 Å². The number of hydrogen-bond acceptors (Lipinski definition) is 8. The van der Waals surface area contributed by atoms with Crippen molar-refractivity contribution in [1.29, 1.82) is 0 Å². The van der Waals surface area contributed by atoms with Gasteiger partial charge in [0.1, 0.15) is 11.3 Å².